The number of rotatable bonds is 5. The molecule has 1 atom stereocenters. The first kappa shape index (κ1) is 11.1. The van der Waals surface area contributed by atoms with Gasteiger partial charge in [0.2, 0.25) is 0 Å². The lowest BCUT2D eigenvalue weighted by molar-refractivity contribution is 0.537. The van der Waals surface area contributed by atoms with Crippen LogP contribution in [0.4, 0.5) is 0 Å². The zero-order valence-electron chi connectivity index (χ0n) is 7.71. The van der Waals surface area contributed by atoms with E-state index in [1.54, 1.807) is 0 Å². The number of halogens is 2. The molecule has 0 aliphatic carbocycles. The minimum atomic E-state index is 0.311. The molecule has 0 radical (unpaired) electrons. The Labute approximate surface area is 92.4 Å². The van der Waals surface area contributed by atoms with E-state index >= 15 is 0 Å². The third-order valence-corrected chi connectivity index (χ3v) is 3.07. The Morgan fingerprint density at radius 2 is 2.38 bits per heavy atom. The number of aromatic nitrogens is 2. The fourth-order valence-corrected chi connectivity index (χ4v) is 2.14. The average molecular weight is 266 g/mol. The van der Waals surface area contributed by atoms with Gasteiger partial charge in [-0.05, 0) is 32.3 Å². The highest BCUT2D eigenvalue weighted by molar-refractivity contribution is 9.09. The van der Waals surface area contributed by atoms with Crippen molar-refractivity contribution in [2.24, 2.45) is 0 Å². The number of alkyl halides is 2. The van der Waals surface area contributed by atoms with E-state index < -0.39 is 0 Å². The van der Waals surface area contributed by atoms with Gasteiger partial charge in [0.15, 0.2) is 0 Å². The van der Waals surface area contributed by atoms with E-state index in [-0.39, 0.29) is 0 Å². The SMILES string of the molecule is Cc1ccnn1C(Br)CCCCCl. The van der Waals surface area contributed by atoms with Gasteiger partial charge in [-0.3, -0.25) is 4.68 Å². The fraction of sp³-hybridized carbons (Fsp3) is 0.667. The highest BCUT2D eigenvalue weighted by Gasteiger charge is 2.07. The molecular weight excluding hydrogens is 251 g/mol. The highest BCUT2D eigenvalue weighted by Crippen LogP contribution is 2.22. The summed E-state index contributed by atoms with van der Waals surface area (Å²) in [6.07, 6.45) is 5.11. The molecule has 1 aromatic heterocycles. The lowest BCUT2D eigenvalue weighted by Crippen LogP contribution is -2.05. The monoisotopic (exact) mass is 264 g/mol. The van der Waals surface area contributed by atoms with E-state index in [1.165, 1.54) is 5.69 Å². The number of nitrogens with zero attached hydrogens (tertiary/aromatic N) is 2. The summed E-state index contributed by atoms with van der Waals surface area (Å²) in [4.78, 5) is 0.311. The van der Waals surface area contributed by atoms with Crippen molar-refractivity contribution in [3.63, 3.8) is 0 Å². The molecule has 0 amide bonds. The largest absolute Gasteiger partial charge is 0.256 e. The van der Waals surface area contributed by atoms with Crippen molar-refractivity contribution in [3.05, 3.63) is 18.0 Å². The maximum absolute atomic E-state index is 5.60. The molecule has 1 unspecified atom stereocenters. The Balaban J connectivity index is 2.39. The maximum Gasteiger partial charge on any atom is 0.107 e. The van der Waals surface area contributed by atoms with Crippen molar-refractivity contribution in [1.82, 2.24) is 9.78 Å². The molecule has 1 heterocycles. The summed E-state index contributed by atoms with van der Waals surface area (Å²) < 4.78 is 1.99. The van der Waals surface area contributed by atoms with Crippen LogP contribution in [-0.4, -0.2) is 15.7 Å². The van der Waals surface area contributed by atoms with Gasteiger partial charge in [-0.2, -0.15) is 5.10 Å². The third kappa shape index (κ3) is 3.31. The molecule has 0 N–H and O–H groups in total. The fourth-order valence-electron chi connectivity index (χ4n) is 1.20. The van der Waals surface area contributed by atoms with Crippen LogP contribution in [0.15, 0.2) is 12.3 Å². The number of unbranched alkanes of at least 4 members (excludes halogenated alkanes) is 1. The predicted molar refractivity (Wildman–Crippen MR) is 59.5 cm³/mol. The van der Waals surface area contributed by atoms with Gasteiger partial charge in [-0.25, -0.2) is 0 Å². The van der Waals surface area contributed by atoms with Crippen LogP contribution >= 0.6 is 27.5 Å². The van der Waals surface area contributed by atoms with Gasteiger partial charge in [0.05, 0.1) is 0 Å². The smallest absolute Gasteiger partial charge is 0.107 e. The molecule has 0 saturated heterocycles. The van der Waals surface area contributed by atoms with Gasteiger partial charge in [-0.1, -0.05) is 15.9 Å². The summed E-state index contributed by atoms with van der Waals surface area (Å²) in [7, 11) is 0. The minimum absolute atomic E-state index is 0.311. The third-order valence-electron chi connectivity index (χ3n) is 1.96. The Hall–Kier alpha value is -0.0200. The van der Waals surface area contributed by atoms with Crippen molar-refractivity contribution in [2.45, 2.75) is 31.1 Å². The lowest BCUT2D eigenvalue weighted by atomic mass is 10.2. The van der Waals surface area contributed by atoms with Gasteiger partial charge in [0.25, 0.3) is 0 Å². The first-order chi connectivity index (χ1) is 6.25. The second-order valence-electron chi connectivity index (χ2n) is 3.04. The first-order valence-electron chi connectivity index (χ1n) is 4.46. The van der Waals surface area contributed by atoms with Gasteiger partial charge < -0.3 is 0 Å². The van der Waals surface area contributed by atoms with Gasteiger partial charge in [-0.15, -0.1) is 11.6 Å². The number of aryl methyl sites for hydroxylation is 1. The van der Waals surface area contributed by atoms with E-state index in [9.17, 15) is 0 Å². The number of hydrogen-bond donors (Lipinski definition) is 0. The van der Waals surface area contributed by atoms with E-state index in [0.717, 1.165) is 25.1 Å². The molecule has 0 aliphatic rings. The van der Waals surface area contributed by atoms with Crippen LogP contribution in [0.1, 0.15) is 29.9 Å². The zero-order chi connectivity index (χ0) is 9.68. The first-order valence-corrected chi connectivity index (χ1v) is 5.91. The summed E-state index contributed by atoms with van der Waals surface area (Å²) in [6, 6.07) is 2.01. The lowest BCUT2D eigenvalue weighted by Gasteiger charge is -2.11. The Morgan fingerprint density at radius 1 is 1.62 bits per heavy atom. The quantitative estimate of drug-likeness (QED) is 0.588. The van der Waals surface area contributed by atoms with E-state index in [1.807, 2.05) is 16.9 Å². The van der Waals surface area contributed by atoms with Crippen molar-refractivity contribution < 1.29 is 0 Å². The second-order valence-corrected chi connectivity index (χ2v) is 4.47. The van der Waals surface area contributed by atoms with Gasteiger partial charge >= 0.3 is 0 Å². The molecular formula is C9H14BrClN2. The van der Waals surface area contributed by atoms with Crippen molar-refractivity contribution in [1.29, 1.82) is 0 Å². The standard InChI is InChI=1S/C9H14BrClN2/c1-8-5-7-12-13(8)9(10)4-2-3-6-11/h5,7,9H,2-4,6H2,1H3. The topological polar surface area (TPSA) is 17.8 Å². The van der Waals surface area contributed by atoms with Crippen LogP contribution < -0.4 is 0 Å². The molecule has 0 spiro atoms. The van der Waals surface area contributed by atoms with Gasteiger partial charge in [0, 0.05) is 17.8 Å². The summed E-state index contributed by atoms with van der Waals surface area (Å²) >= 11 is 9.21. The van der Waals surface area contributed by atoms with Crippen LogP contribution in [0.3, 0.4) is 0 Å². The molecule has 0 bridgehead atoms. The van der Waals surface area contributed by atoms with Crippen molar-refractivity contribution in [2.75, 3.05) is 5.88 Å². The zero-order valence-corrected chi connectivity index (χ0v) is 10.1. The molecule has 0 aliphatic heterocycles. The molecule has 2 nitrogen and oxygen atoms in total. The summed E-state index contributed by atoms with van der Waals surface area (Å²) in [6.45, 7) is 2.06. The molecule has 0 aromatic carbocycles. The summed E-state index contributed by atoms with van der Waals surface area (Å²) in [5, 5.41) is 4.23. The maximum atomic E-state index is 5.60. The number of hydrogen-bond acceptors (Lipinski definition) is 1. The summed E-state index contributed by atoms with van der Waals surface area (Å²) in [5.41, 5.74) is 1.19. The molecule has 1 rings (SSSR count). The van der Waals surface area contributed by atoms with Crippen molar-refractivity contribution >= 4 is 27.5 Å². The highest BCUT2D eigenvalue weighted by atomic mass is 79.9. The molecule has 0 saturated carbocycles. The molecule has 0 fully saturated rings. The minimum Gasteiger partial charge on any atom is -0.256 e. The van der Waals surface area contributed by atoms with E-state index in [2.05, 4.69) is 28.0 Å². The Bertz CT molecular complexity index is 250. The molecule has 74 valence electrons. The summed E-state index contributed by atoms with van der Waals surface area (Å²) in [5.74, 6) is 0.748. The van der Waals surface area contributed by atoms with Gasteiger partial charge in [0.1, 0.15) is 4.95 Å². The Morgan fingerprint density at radius 3 is 2.92 bits per heavy atom. The Kier molecular flexibility index (Phi) is 4.81. The average Bonchev–Trinajstić information content (AvgIpc) is 2.52. The normalized spacial score (nSPS) is 13.2. The van der Waals surface area contributed by atoms with Crippen molar-refractivity contribution in [3.8, 4) is 0 Å². The van der Waals surface area contributed by atoms with Crippen LogP contribution in [-0.2, 0) is 0 Å². The molecule has 4 heteroatoms. The molecule has 1 aromatic rings. The van der Waals surface area contributed by atoms with Crippen LogP contribution in [0.25, 0.3) is 0 Å². The van der Waals surface area contributed by atoms with E-state index in [4.69, 9.17) is 11.6 Å². The molecule has 13 heavy (non-hydrogen) atoms. The second kappa shape index (κ2) is 5.66. The van der Waals surface area contributed by atoms with Crippen LogP contribution in [0, 0.1) is 6.92 Å². The van der Waals surface area contributed by atoms with E-state index in [0.29, 0.717) is 4.95 Å². The predicted octanol–water partition coefficient (Wildman–Crippen LogP) is 3.49. The van der Waals surface area contributed by atoms with Crippen LogP contribution in [0.5, 0.6) is 0 Å². The van der Waals surface area contributed by atoms with Crippen LogP contribution in [0.2, 0.25) is 0 Å².